The zero-order chi connectivity index (χ0) is 26.2. The van der Waals surface area contributed by atoms with Gasteiger partial charge in [-0.05, 0) is 78.5 Å². The zero-order valence-corrected chi connectivity index (χ0v) is 20.6. The molecule has 1 aliphatic heterocycles. The Hall–Kier alpha value is -3.27. The summed E-state index contributed by atoms with van der Waals surface area (Å²) in [7, 11) is 1.85. The first-order chi connectivity index (χ1) is 17.8. The van der Waals surface area contributed by atoms with E-state index >= 15 is 4.39 Å². The molecule has 3 atom stereocenters. The van der Waals surface area contributed by atoms with E-state index in [1.807, 2.05) is 13.1 Å². The Balaban J connectivity index is 1.55. The van der Waals surface area contributed by atoms with Crippen LogP contribution < -0.4 is 11.1 Å². The van der Waals surface area contributed by atoms with Crippen molar-refractivity contribution in [3.8, 4) is 11.3 Å². The fourth-order valence-electron chi connectivity index (χ4n) is 5.71. The van der Waals surface area contributed by atoms with E-state index in [2.05, 4.69) is 15.3 Å². The first kappa shape index (κ1) is 25.4. The van der Waals surface area contributed by atoms with Crippen molar-refractivity contribution in [2.75, 3.05) is 25.6 Å². The highest BCUT2D eigenvalue weighted by atomic mass is 19.1. The molecule has 0 radical (unpaired) electrons. The summed E-state index contributed by atoms with van der Waals surface area (Å²) in [5.41, 5.74) is 7.96. The fraction of sp³-hybridized carbons (Fsp3) is 0.393. The van der Waals surface area contributed by atoms with Crippen LogP contribution in [0.4, 0.5) is 14.5 Å². The molecule has 194 valence electrons. The quantitative estimate of drug-likeness (QED) is 0.415. The maximum absolute atomic E-state index is 15.7. The molecule has 1 saturated carbocycles. The number of halogens is 2. The maximum Gasteiger partial charge on any atom is 0.168 e. The average Bonchev–Trinajstić information content (AvgIpc) is 2.87. The normalized spacial score (nSPS) is 22.8. The van der Waals surface area contributed by atoms with Crippen LogP contribution in [0.15, 0.2) is 42.7 Å². The van der Waals surface area contributed by atoms with Crippen LogP contribution in [0, 0.1) is 17.6 Å². The Labute approximate surface area is 214 Å². The smallest absolute Gasteiger partial charge is 0.168 e. The summed E-state index contributed by atoms with van der Waals surface area (Å²) in [5, 5.41) is 14.1. The second kappa shape index (κ2) is 10.2. The Morgan fingerprint density at radius 2 is 2.00 bits per heavy atom. The van der Waals surface area contributed by atoms with Gasteiger partial charge in [0.1, 0.15) is 28.6 Å². The van der Waals surface area contributed by atoms with Gasteiger partial charge in [-0.25, -0.2) is 13.8 Å². The molecule has 3 aromatic rings. The third-order valence-electron chi connectivity index (χ3n) is 7.53. The molecular weight excluding hydrogens is 478 g/mol. The van der Waals surface area contributed by atoms with Crippen molar-refractivity contribution in [1.29, 1.82) is 0 Å². The average molecular weight is 509 g/mol. The summed E-state index contributed by atoms with van der Waals surface area (Å²) in [4.78, 5) is 19.6. The van der Waals surface area contributed by atoms with E-state index in [1.54, 1.807) is 18.5 Å². The fourth-order valence-corrected chi connectivity index (χ4v) is 5.71. The summed E-state index contributed by atoms with van der Waals surface area (Å²) in [6, 6.07) is 7.23. The van der Waals surface area contributed by atoms with E-state index in [4.69, 9.17) is 10.5 Å². The highest BCUT2D eigenvalue weighted by Crippen LogP contribution is 2.42. The molecule has 9 heteroatoms. The van der Waals surface area contributed by atoms with Gasteiger partial charge >= 0.3 is 0 Å². The van der Waals surface area contributed by atoms with Gasteiger partial charge in [0.05, 0.1) is 25.1 Å². The van der Waals surface area contributed by atoms with E-state index in [9.17, 15) is 14.3 Å². The molecule has 2 fully saturated rings. The highest BCUT2D eigenvalue weighted by Gasteiger charge is 2.39. The number of aldehydes is 1. The van der Waals surface area contributed by atoms with Crippen LogP contribution in [0.2, 0.25) is 0 Å². The van der Waals surface area contributed by atoms with Crippen molar-refractivity contribution in [1.82, 2.24) is 9.97 Å². The number of nitrogens with one attached hydrogen (secondary N) is 1. The predicted octanol–water partition coefficient (Wildman–Crippen LogP) is 3.95. The minimum absolute atomic E-state index is 0.00399. The van der Waals surface area contributed by atoms with E-state index in [1.165, 1.54) is 12.1 Å². The largest absolute Gasteiger partial charge is 0.387 e. The first-order valence-electron chi connectivity index (χ1n) is 12.4. The minimum atomic E-state index is -1.30. The topological polar surface area (TPSA) is 110 Å². The molecule has 0 amide bonds. The summed E-state index contributed by atoms with van der Waals surface area (Å²) < 4.78 is 35.8. The number of anilines is 1. The van der Waals surface area contributed by atoms with Gasteiger partial charge in [0.15, 0.2) is 6.29 Å². The molecule has 0 spiro atoms. The zero-order valence-electron chi connectivity index (χ0n) is 20.6. The minimum Gasteiger partial charge on any atom is -0.387 e. The van der Waals surface area contributed by atoms with Crippen molar-refractivity contribution < 1.29 is 23.4 Å². The lowest BCUT2D eigenvalue weighted by atomic mass is 9.73. The molecule has 3 unspecified atom stereocenters. The Bertz CT molecular complexity index is 1310. The Morgan fingerprint density at radius 1 is 1.19 bits per heavy atom. The number of carbonyl (C=O) groups is 1. The molecule has 37 heavy (non-hydrogen) atoms. The monoisotopic (exact) mass is 508 g/mol. The van der Waals surface area contributed by atoms with Gasteiger partial charge in [-0.15, -0.1) is 0 Å². The third kappa shape index (κ3) is 4.99. The first-order valence-corrected chi connectivity index (χ1v) is 12.4. The molecule has 2 aliphatic rings. The molecule has 1 aromatic carbocycles. The van der Waals surface area contributed by atoms with Crippen molar-refractivity contribution >= 4 is 12.0 Å². The Kier molecular flexibility index (Phi) is 7.02. The number of hydrogen-bond acceptors (Lipinski definition) is 7. The molecule has 4 N–H and O–H groups in total. The van der Waals surface area contributed by atoms with Crippen molar-refractivity contribution in [3.63, 3.8) is 0 Å². The van der Waals surface area contributed by atoms with E-state index < -0.39 is 17.2 Å². The second-order valence-corrected chi connectivity index (χ2v) is 10.1. The number of ether oxygens (including phenoxy) is 1. The lowest BCUT2D eigenvalue weighted by molar-refractivity contribution is -0.184. The molecular formula is C28H30F2N4O3. The van der Waals surface area contributed by atoms with Crippen LogP contribution in [-0.4, -0.2) is 47.7 Å². The summed E-state index contributed by atoms with van der Waals surface area (Å²) in [6.07, 6.45) is 6.80. The van der Waals surface area contributed by atoms with Gasteiger partial charge in [0.25, 0.3) is 0 Å². The second-order valence-electron chi connectivity index (χ2n) is 10.1. The van der Waals surface area contributed by atoms with Gasteiger partial charge < -0.3 is 20.9 Å². The van der Waals surface area contributed by atoms with Gasteiger partial charge in [0.2, 0.25) is 0 Å². The van der Waals surface area contributed by atoms with Gasteiger partial charge in [-0.3, -0.25) is 9.78 Å². The summed E-state index contributed by atoms with van der Waals surface area (Å²) in [5.74, 6) is -1.18. The SMILES string of the molecule is CNc1cnccc1C1CC(N)CC(Cc2cc(C3(O)COC3)cc(F)c2-c2nc(C=O)ccc2F)C1. The maximum atomic E-state index is 15.7. The lowest BCUT2D eigenvalue weighted by Crippen LogP contribution is -2.46. The number of hydrogen-bond donors (Lipinski definition) is 3. The molecule has 7 nitrogen and oxygen atoms in total. The van der Waals surface area contributed by atoms with Crippen LogP contribution in [0.3, 0.4) is 0 Å². The van der Waals surface area contributed by atoms with Gasteiger partial charge in [-0.2, -0.15) is 0 Å². The van der Waals surface area contributed by atoms with Crippen molar-refractivity contribution in [2.45, 2.75) is 43.2 Å². The number of benzene rings is 1. The number of nitrogens with two attached hydrogens (primary N) is 1. The van der Waals surface area contributed by atoms with Crippen molar-refractivity contribution in [2.24, 2.45) is 11.7 Å². The standard InChI is InChI=1S/C28H30F2N4O3/c1-32-25-12-33-5-4-22(25)17-6-16(8-20(31)10-17)7-18-9-19(28(36)14-37-15-28)11-24(30)26(18)27-23(29)3-2-21(13-35)34-27/h2-5,9,11-13,16-17,20,32,36H,6-8,10,14-15,31H2,1H3. The lowest BCUT2D eigenvalue weighted by Gasteiger charge is -2.38. The molecule has 1 aliphatic carbocycles. The van der Waals surface area contributed by atoms with Gasteiger partial charge in [0, 0.05) is 24.8 Å². The summed E-state index contributed by atoms with van der Waals surface area (Å²) >= 11 is 0. The molecule has 3 heterocycles. The van der Waals surface area contributed by atoms with E-state index in [0.29, 0.717) is 23.8 Å². The number of aliphatic hydroxyl groups is 1. The molecule has 1 saturated heterocycles. The number of nitrogens with zero attached hydrogens (tertiary/aromatic N) is 2. The van der Waals surface area contributed by atoms with Crippen LogP contribution >= 0.6 is 0 Å². The van der Waals surface area contributed by atoms with Crippen LogP contribution in [0.25, 0.3) is 11.3 Å². The predicted molar refractivity (Wildman–Crippen MR) is 135 cm³/mol. The number of aromatic nitrogens is 2. The van der Waals surface area contributed by atoms with Crippen LogP contribution in [0.1, 0.15) is 52.4 Å². The molecule has 5 rings (SSSR count). The number of carbonyl (C=O) groups excluding carboxylic acids is 1. The molecule has 2 aromatic heterocycles. The summed E-state index contributed by atoms with van der Waals surface area (Å²) in [6.45, 7) is 0.118. The van der Waals surface area contributed by atoms with Gasteiger partial charge in [-0.1, -0.05) is 6.07 Å². The van der Waals surface area contributed by atoms with E-state index in [-0.39, 0.29) is 48.0 Å². The van der Waals surface area contributed by atoms with E-state index in [0.717, 1.165) is 36.6 Å². The Morgan fingerprint density at radius 3 is 2.70 bits per heavy atom. The van der Waals surface area contributed by atoms with Crippen LogP contribution in [0.5, 0.6) is 0 Å². The number of pyridine rings is 2. The van der Waals surface area contributed by atoms with Crippen molar-refractivity contribution in [3.05, 3.63) is 76.7 Å². The molecule has 0 bridgehead atoms. The third-order valence-corrected chi connectivity index (χ3v) is 7.53. The van der Waals surface area contributed by atoms with Crippen LogP contribution in [-0.2, 0) is 16.8 Å². The number of rotatable bonds is 7. The highest BCUT2D eigenvalue weighted by molar-refractivity contribution is 5.75.